The molecule has 21 heavy (non-hydrogen) atoms. The molecular weight excluding hydrogens is 284 g/mol. The first kappa shape index (κ1) is 12.4. The largest absolute Gasteiger partial charge is 0.519 e. The highest BCUT2D eigenvalue weighted by molar-refractivity contribution is 6.35. The Morgan fingerprint density at radius 1 is 1.38 bits per heavy atom. The van der Waals surface area contributed by atoms with Crippen LogP contribution in [-0.2, 0) is 6.54 Å². The van der Waals surface area contributed by atoms with E-state index in [1.54, 1.807) is 0 Å². The Bertz CT molecular complexity index is 753. The smallest absolute Gasteiger partial charge is 0.298 e. The van der Waals surface area contributed by atoms with Crippen LogP contribution in [-0.4, -0.2) is 47.2 Å². The number of piperidine rings is 3. The van der Waals surface area contributed by atoms with Gasteiger partial charge in [-0.15, -0.1) is 0 Å². The number of quaternary nitrogens is 1. The normalized spacial score (nSPS) is 37.1. The average molecular weight is 304 g/mol. The van der Waals surface area contributed by atoms with E-state index in [1.165, 1.54) is 36.9 Å². The molecular formula is C15H19BClN3O. The molecule has 5 heterocycles. The summed E-state index contributed by atoms with van der Waals surface area (Å²) in [5.41, 5.74) is 2.02. The van der Waals surface area contributed by atoms with Crippen LogP contribution in [0.2, 0.25) is 5.02 Å². The quantitative estimate of drug-likeness (QED) is 0.687. The lowest BCUT2D eigenvalue weighted by Gasteiger charge is -2.60. The Labute approximate surface area is 129 Å². The number of hydrogen-bond acceptors (Lipinski definition) is 2. The van der Waals surface area contributed by atoms with Gasteiger partial charge < -0.3 is 9.13 Å². The van der Waals surface area contributed by atoms with Crippen LogP contribution in [0.15, 0.2) is 18.2 Å². The molecule has 6 rings (SSSR count). The minimum Gasteiger partial charge on any atom is -0.519 e. The maximum Gasteiger partial charge on any atom is 0.298 e. The highest BCUT2D eigenvalue weighted by Gasteiger charge is 2.56. The summed E-state index contributed by atoms with van der Waals surface area (Å²) in [5.74, 6) is 0.704. The molecule has 1 spiro atoms. The SMILES string of the molecule is [BH3-][N+]12CCC(CC1)C1(Cn3c(nc4cccc(Cl)c43)O1)C2. The summed E-state index contributed by atoms with van der Waals surface area (Å²) in [7, 11) is 0.302. The van der Waals surface area contributed by atoms with Crippen LogP contribution in [0.1, 0.15) is 12.8 Å². The van der Waals surface area contributed by atoms with Gasteiger partial charge in [0, 0.05) is 19.0 Å². The maximum atomic E-state index is 6.49. The molecule has 2 aromatic rings. The van der Waals surface area contributed by atoms with Gasteiger partial charge in [0.2, 0.25) is 0 Å². The second-order valence-electron chi connectivity index (χ2n) is 6.31. The Morgan fingerprint density at radius 3 is 2.95 bits per heavy atom. The number of ether oxygens (including phenoxy) is 1. The molecule has 3 fully saturated rings. The molecule has 4 aliphatic heterocycles. The molecule has 1 atom stereocenters. The summed E-state index contributed by atoms with van der Waals surface area (Å²) in [4.78, 5) is 4.68. The average Bonchev–Trinajstić information content (AvgIpc) is 2.93. The number of halogens is 1. The zero-order valence-corrected chi connectivity index (χ0v) is 11.9. The van der Waals surface area contributed by atoms with E-state index in [0.717, 1.165) is 28.6 Å². The molecule has 0 amide bonds. The van der Waals surface area contributed by atoms with E-state index in [9.17, 15) is 0 Å². The van der Waals surface area contributed by atoms with Crippen molar-refractivity contribution in [2.45, 2.75) is 25.0 Å². The highest BCUT2D eigenvalue weighted by Crippen LogP contribution is 2.47. The van der Waals surface area contributed by atoms with Crippen LogP contribution in [0, 0.1) is 5.92 Å². The zero-order valence-electron chi connectivity index (χ0n) is 11.2. The van der Waals surface area contributed by atoms with E-state index < -0.39 is 0 Å². The molecule has 0 saturated carbocycles. The van der Waals surface area contributed by atoms with Gasteiger partial charge in [-0.3, -0.25) is 4.57 Å². The molecule has 1 aromatic heterocycles. The molecule has 0 N–H and O–H groups in total. The number of benzene rings is 1. The van der Waals surface area contributed by atoms with Crippen molar-refractivity contribution in [1.29, 1.82) is 0 Å². The number of hydrogen-bond donors (Lipinski definition) is 0. The summed E-state index contributed by atoms with van der Waals surface area (Å²) in [6, 6.07) is 6.72. The van der Waals surface area contributed by atoms with Crippen LogP contribution in [0.4, 0.5) is 0 Å². The van der Waals surface area contributed by atoms with Crippen molar-refractivity contribution >= 4 is 30.6 Å². The first-order chi connectivity index (χ1) is 10.1. The zero-order chi connectivity index (χ0) is 14.2. The van der Waals surface area contributed by atoms with Crippen LogP contribution < -0.4 is 4.74 Å². The van der Waals surface area contributed by atoms with Crippen molar-refractivity contribution < 1.29 is 9.13 Å². The number of para-hydroxylation sites is 1. The second-order valence-corrected chi connectivity index (χ2v) is 6.71. The first-order valence-corrected chi connectivity index (χ1v) is 7.69. The maximum absolute atomic E-state index is 6.49. The van der Waals surface area contributed by atoms with Crippen molar-refractivity contribution in [3.05, 3.63) is 23.2 Å². The molecule has 6 heteroatoms. The number of nitrogens with zero attached hydrogens (tertiary/aromatic N) is 3. The van der Waals surface area contributed by atoms with Crippen LogP contribution in [0.3, 0.4) is 0 Å². The number of fused-ring (bicyclic) bond motifs is 5. The van der Waals surface area contributed by atoms with Crippen molar-refractivity contribution in [3.63, 3.8) is 0 Å². The van der Waals surface area contributed by atoms with Gasteiger partial charge in [0.15, 0.2) is 13.6 Å². The third-order valence-electron chi connectivity index (χ3n) is 5.23. The molecule has 0 radical (unpaired) electrons. The van der Waals surface area contributed by atoms with Gasteiger partial charge in [-0.05, 0) is 25.0 Å². The Hall–Kier alpha value is -1.20. The number of aromatic nitrogens is 2. The van der Waals surface area contributed by atoms with Gasteiger partial charge in [-0.25, -0.2) is 0 Å². The first-order valence-electron chi connectivity index (χ1n) is 7.31. The Balaban J connectivity index is 1.62. The van der Waals surface area contributed by atoms with Crippen molar-refractivity contribution in [2.24, 2.45) is 5.92 Å². The van der Waals surface area contributed by atoms with Gasteiger partial charge in [-0.2, -0.15) is 4.98 Å². The molecule has 4 nitrogen and oxygen atoms in total. The minimum atomic E-state index is 0.00788. The fourth-order valence-corrected chi connectivity index (χ4v) is 4.52. The monoisotopic (exact) mass is 303 g/mol. The molecule has 3 saturated heterocycles. The van der Waals surface area contributed by atoms with E-state index in [1.807, 2.05) is 18.2 Å². The summed E-state index contributed by atoms with van der Waals surface area (Å²) >= 11 is 6.41. The van der Waals surface area contributed by atoms with E-state index in [0.29, 0.717) is 13.9 Å². The third-order valence-corrected chi connectivity index (χ3v) is 5.53. The minimum absolute atomic E-state index is 0.00788. The summed E-state index contributed by atoms with van der Waals surface area (Å²) in [5, 5.41) is 0.787. The van der Waals surface area contributed by atoms with E-state index >= 15 is 0 Å². The summed E-state index contributed by atoms with van der Waals surface area (Å²) in [6.45, 7) is 4.96. The second kappa shape index (κ2) is 3.76. The van der Waals surface area contributed by atoms with Gasteiger partial charge in [-0.1, -0.05) is 17.7 Å². The Morgan fingerprint density at radius 2 is 2.19 bits per heavy atom. The number of rotatable bonds is 0. The standard InChI is InChI=1S/C15H19BClN3O/c16-20-6-4-10(5-7-20)15(9-20)8-19-13-11(17)2-1-3-12(13)18-14(19)21-15/h1-3,10H,4-9H2,16H3. The van der Waals surface area contributed by atoms with E-state index in [2.05, 4.69) is 9.55 Å². The van der Waals surface area contributed by atoms with Gasteiger partial charge in [0.25, 0.3) is 6.01 Å². The third kappa shape index (κ3) is 1.54. The predicted molar refractivity (Wildman–Crippen MR) is 85.6 cm³/mol. The molecule has 110 valence electrons. The van der Waals surface area contributed by atoms with Gasteiger partial charge in [0.1, 0.15) is 0 Å². The Kier molecular flexibility index (Phi) is 2.21. The predicted octanol–water partition coefficient (Wildman–Crippen LogP) is 1.34. The molecule has 0 aliphatic carbocycles. The van der Waals surface area contributed by atoms with Gasteiger partial charge >= 0.3 is 0 Å². The lowest BCUT2D eigenvalue weighted by Crippen LogP contribution is -2.69. The summed E-state index contributed by atoms with van der Waals surface area (Å²) < 4.78 is 10.1. The van der Waals surface area contributed by atoms with Crippen molar-refractivity contribution in [3.8, 4) is 6.01 Å². The van der Waals surface area contributed by atoms with Crippen LogP contribution >= 0.6 is 11.6 Å². The van der Waals surface area contributed by atoms with Crippen LogP contribution in [0.5, 0.6) is 6.01 Å². The van der Waals surface area contributed by atoms with Crippen molar-refractivity contribution in [2.75, 3.05) is 19.6 Å². The highest BCUT2D eigenvalue weighted by atomic mass is 35.5. The molecule has 2 bridgehead atoms. The molecule has 1 aromatic carbocycles. The number of imidazole rings is 1. The molecule has 1 unspecified atom stereocenters. The van der Waals surface area contributed by atoms with E-state index in [4.69, 9.17) is 16.3 Å². The van der Waals surface area contributed by atoms with Crippen molar-refractivity contribution in [1.82, 2.24) is 9.55 Å². The summed E-state index contributed by atoms with van der Waals surface area (Å²) in [6.07, 6.45) is 2.67. The topological polar surface area (TPSA) is 27.1 Å². The van der Waals surface area contributed by atoms with Gasteiger partial charge in [0.05, 0.1) is 29.1 Å². The molecule has 4 aliphatic rings. The fourth-order valence-electron chi connectivity index (χ4n) is 4.25. The lowest BCUT2D eigenvalue weighted by atomic mass is 9.71. The van der Waals surface area contributed by atoms with Crippen LogP contribution in [0.25, 0.3) is 11.0 Å². The van der Waals surface area contributed by atoms with E-state index in [-0.39, 0.29) is 5.60 Å². The lowest BCUT2D eigenvalue weighted by molar-refractivity contribution is -0.845. The fraction of sp³-hybridized carbons (Fsp3) is 0.533.